The molecule has 0 unspecified atom stereocenters. The predicted molar refractivity (Wildman–Crippen MR) is 431 cm³/mol. The van der Waals surface area contributed by atoms with Crippen molar-refractivity contribution in [2.24, 2.45) is 0 Å². The molecule has 0 aliphatic heterocycles. The van der Waals surface area contributed by atoms with E-state index in [-0.39, 0.29) is 298 Å². The molecule has 0 spiro atoms. The number of oxazole rings is 4. The SMILES string of the molecule is C.C.C.C.C.C.C.C.C.C.C.C.C.C.C.C.[CH2-]OC.[CH2-]OC.[CH2-]OC.[CH2-]OC.[CH2-]OC(=O)CCCc1nc2cc(C(C)=O)ccc2o1.[CH2-]OC(=O)CCCc1nc2cc(C(C)=O)ccc2o1.[CH2-]OC(=O)c1ccc2oc(CCCC(C)=O)nc2c1.[CH2-]OC(=O)c1ccc2oc(CCCC(C)=O)nc2c1.[Y].[Y].[Y].[Y]. The predicted octanol–water partition coefficient (Wildman–Crippen LogP) is 22.6. The molecule has 8 rings (SSSR count). The van der Waals surface area contributed by atoms with E-state index >= 15 is 0 Å². The first-order valence-corrected chi connectivity index (χ1v) is 26.6. The molecule has 4 heterocycles. The monoisotopic (exact) mass is 1830 g/mol. The second-order valence-corrected chi connectivity index (χ2v) is 18.1. The molecule has 4 aromatic heterocycles. The zero-order valence-corrected chi connectivity index (χ0v) is 64.7. The van der Waals surface area contributed by atoms with Crippen LogP contribution in [0.2, 0.25) is 0 Å². The number of fused-ring (bicyclic) bond motifs is 4. The van der Waals surface area contributed by atoms with Crippen LogP contribution in [-0.2, 0) is 214 Å². The van der Waals surface area contributed by atoms with Crippen LogP contribution in [0.25, 0.3) is 44.4 Å². The Kier molecular flexibility index (Phi) is 132. The van der Waals surface area contributed by atoms with Crippen molar-refractivity contribution in [3.05, 3.63) is 175 Å². The normalized spacial score (nSPS) is 8.15. The second kappa shape index (κ2) is 91.5. The molecular formula is C80H140N4O20Y4-8. The van der Waals surface area contributed by atoms with Gasteiger partial charge in [0.05, 0.1) is 11.1 Å². The molecular weight excluding hydrogens is 1690 g/mol. The van der Waals surface area contributed by atoms with Crippen LogP contribution in [0, 0.1) is 56.9 Å². The number of methoxy groups -OCH3 is 4. The Morgan fingerprint density at radius 1 is 0.306 bits per heavy atom. The maximum Gasteiger partial charge on any atom is 0.306 e. The summed E-state index contributed by atoms with van der Waals surface area (Å²) in [5, 5.41) is 0. The van der Waals surface area contributed by atoms with Crippen molar-refractivity contribution in [3.63, 3.8) is 0 Å². The molecule has 0 amide bonds. The van der Waals surface area contributed by atoms with Crippen LogP contribution in [-0.4, -0.2) is 95.4 Å². The fraction of sp³-hybridized carbons (Fsp3) is 0.450. The minimum atomic E-state index is -0.511. The van der Waals surface area contributed by atoms with E-state index in [0.29, 0.717) is 154 Å². The molecule has 0 saturated carbocycles. The number of hydrogen-bond acceptors (Lipinski definition) is 24. The maximum absolute atomic E-state index is 11.3. The summed E-state index contributed by atoms with van der Waals surface area (Å²) in [6.45, 7) is 6.13. The third-order valence-electron chi connectivity index (χ3n) is 11.0. The zero-order chi connectivity index (χ0) is 66.1. The van der Waals surface area contributed by atoms with Crippen molar-refractivity contribution >= 4 is 91.4 Å². The van der Waals surface area contributed by atoms with E-state index < -0.39 is 11.9 Å². The Morgan fingerprint density at radius 3 is 0.667 bits per heavy atom. The van der Waals surface area contributed by atoms with Crippen LogP contribution in [0.1, 0.15) is 263 Å². The molecule has 0 saturated heterocycles. The van der Waals surface area contributed by atoms with E-state index in [2.05, 4.69) is 115 Å². The number of ketones is 4. The van der Waals surface area contributed by atoms with Gasteiger partial charge in [0, 0.05) is 193 Å². The fourth-order valence-electron chi connectivity index (χ4n) is 7.08. The van der Waals surface area contributed by atoms with Gasteiger partial charge in [0.15, 0.2) is 57.5 Å². The molecule has 0 fully saturated rings. The summed E-state index contributed by atoms with van der Waals surface area (Å²) in [6.07, 6.45) is 6.44. The summed E-state index contributed by atoms with van der Waals surface area (Å²) in [4.78, 5) is 106. The van der Waals surface area contributed by atoms with Crippen LogP contribution in [0.15, 0.2) is 90.5 Å². The van der Waals surface area contributed by atoms with Crippen LogP contribution in [0.3, 0.4) is 0 Å². The average molecular weight is 1830 g/mol. The molecule has 0 atom stereocenters. The van der Waals surface area contributed by atoms with Gasteiger partial charge in [-0.25, -0.2) is 58.0 Å². The molecule has 24 nitrogen and oxygen atoms in total. The first-order chi connectivity index (χ1) is 42.0. The van der Waals surface area contributed by atoms with E-state index in [4.69, 9.17) is 17.7 Å². The van der Waals surface area contributed by atoms with Gasteiger partial charge >= 0.3 is 11.9 Å². The van der Waals surface area contributed by atoms with Crippen molar-refractivity contribution < 1.29 is 225 Å². The number of aromatic nitrogens is 4. The van der Waals surface area contributed by atoms with E-state index in [1.165, 1.54) is 42.3 Å². The van der Waals surface area contributed by atoms with Crippen molar-refractivity contribution in [1.29, 1.82) is 0 Å². The van der Waals surface area contributed by atoms with E-state index in [1.54, 1.807) is 86.6 Å². The number of carbonyl (C=O) groups excluding carboxylic acids is 8. The standard InChI is InChI=1S/4C14H14NO4.4C2H5O.16CH4.4Y/c2*1-9(16)10-6-7-12-11(8-10)15-13(19-12)4-3-5-14(17)18-2;2*1-9(16)4-3-5-13-15-11-8-10(14(17)18-2)6-7-12(11)19-13;4*1-3-2;;;;;;;;;;;;;;;;;;;;/h4*6-8H,2-5H2,1H3;4*1H2,2H3;16*1H4;;;;/q8*-1;;;;;;;;;;;;;;;;;;;;. The van der Waals surface area contributed by atoms with Crippen LogP contribution < -0.4 is 0 Å². The Balaban J connectivity index is -0.0000000477. The topological polar surface area (TPSA) is 315 Å². The number of Topliss-reactive ketones (excluding diaryl/α,β-unsaturated/α-hetero) is 4. The Morgan fingerprint density at radius 2 is 0.491 bits per heavy atom. The smallest absolute Gasteiger partial charge is 0.306 e. The fourth-order valence-corrected chi connectivity index (χ4v) is 7.08. The van der Waals surface area contributed by atoms with Crippen molar-refractivity contribution in [1.82, 2.24) is 19.9 Å². The van der Waals surface area contributed by atoms with Gasteiger partial charge in [-0.3, -0.25) is 19.2 Å². The number of benzene rings is 4. The third-order valence-corrected chi connectivity index (χ3v) is 11.0. The van der Waals surface area contributed by atoms with Crippen molar-refractivity contribution in [2.45, 2.75) is 224 Å². The molecule has 0 aliphatic carbocycles. The number of aryl methyl sites for hydroxylation is 4. The summed E-state index contributed by atoms with van der Waals surface area (Å²) >= 11 is 0. The number of ether oxygens (including phenoxy) is 8. The summed E-state index contributed by atoms with van der Waals surface area (Å²) in [5.41, 5.74) is 6.97. The van der Waals surface area contributed by atoms with Gasteiger partial charge < -0.3 is 65.2 Å². The van der Waals surface area contributed by atoms with Crippen LogP contribution in [0.5, 0.6) is 0 Å². The van der Waals surface area contributed by atoms with Crippen molar-refractivity contribution in [3.8, 4) is 0 Å². The molecule has 0 aliphatic rings. The van der Waals surface area contributed by atoms with E-state index in [9.17, 15) is 38.4 Å². The number of hydrogen-bond donors (Lipinski definition) is 0. The molecule has 0 N–H and O–H groups in total. The first-order valence-electron chi connectivity index (χ1n) is 26.6. The number of rotatable bonds is 20. The molecule has 0 bridgehead atoms. The van der Waals surface area contributed by atoms with Gasteiger partial charge in [0.1, 0.15) is 33.6 Å². The van der Waals surface area contributed by atoms with Gasteiger partial charge in [-0.05, 0) is 155 Å². The van der Waals surface area contributed by atoms with Gasteiger partial charge in [-0.1, -0.05) is 119 Å². The Bertz CT molecular complexity index is 3230. The summed E-state index contributed by atoms with van der Waals surface area (Å²) < 4.78 is 55.5. The first kappa shape index (κ1) is 156. The molecule has 28 heteroatoms. The number of nitrogens with zero attached hydrogens (tertiary/aromatic N) is 4. The number of esters is 4. The average Bonchev–Trinajstić information content (AvgIpc) is 1.71. The van der Waals surface area contributed by atoms with Crippen LogP contribution in [0.4, 0.5) is 0 Å². The summed E-state index contributed by atoms with van der Waals surface area (Å²) in [7, 11) is 30.3. The van der Waals surface area contributed by atoms with Crippen LogP contribution >= 0.6 is 0 Å². The third kappa shape index (κ3) is 63.1. The maximum atomic E-state index is 11.3. The summed E-state index contributed by atoms with van der Waals surface area (Å²) in [6, 6.07) is 20.0. The molecule has 4 radical (unpaired) electrons. The van der Waals surface area contributed by atoms with E-state index in [0.717, 1.165) is 0 Å². The quantitative estimate of drug-likeness (QED) is 0.0296. The van der Waals surface area contributed by atoms with Gasteiger partial charge in [-0.15, -0.1) is 0 Å². The van der Waals surface area contributed by atoms with Gasteiger partial charge in [0.25, 0.3) is 11.9 Å². The molecule has 108 heavy (non-hydrogen) atoms. The number of carbonyl (C=O) groups is 8. The van der Waals surface area contributed by atoms with Gasteiger partial charge in [0.2, 0.25) is 0 Å². The molecule has 620 valence electrons. The largest absolute Gasteiger partial charge is 0.640 e. The Hall–Kier alpha value is -4.42. The minimum Gasteiger partial charge on any atom is -0.640 e. The van der Waals surface area contributed by atoms with Gasteiger partial charge in [-0.2, -0.15) is 28.4 Å². The Labute approximate surface area is 755 Å². The summed E-state index contributed by atoms with van der Waals surface area (Å²) in [5.74, 6) is 0.784. The minimum absolute atomic E-state index is 0. The molecule has 8 aromatic rings. The van der Waals surface area contributed by atoms with Crippen molar-refractivity contribution in [2.75, 3.05) is 28.4 Å². The van der Waals surface area contributed by atoms with E-state index in [1.807, 2.05) is 0 Å². The molecule has 4 aromatic carbocycles. The second-order valence-electron chi connectivity index (χ2n) is 18.1. The zero-order valence-electron chi connectivity index (χ0n) is 53.3.